The molecule has 0 heterocycles. The van der Waals surface area contributed by atoms with Gasteiger partial charge in [-0.3, -0.25) is 0 Å². The van der Waals surface area contributed by atoms with Gasteiger partial charge in [-0.2, -0.15) is 0 Å². The van der Waals surface area contributed by atoms with Gasteiger partial charge in [-0.1, -0.05) is 97.1 Å². The molecule has 0 aromatic heterocycles. The van der Waals surface area contributed by atoms with Crippen LogP contribution in [-0.2, 0) is 16.5 Å². The van der Waals surface area contributed by atoms with Crippen molar-refractivity contribution in [2.45, 2.75) is 0 Å². The van der Waals surface area contributed by atoms with Crippen LogP contribution in [0.2, 0.25) is 0 Å². The summed E-state index contributed by atoms with van der Waals surface area (Å²) in [5.41, 5.74) is 0. The van der Waals surface area contributed by atoms with Crippen molar-refractivity contribution in [3.8, 4) is 0 Å². The van der Waals surface area contributed by atoms with Gasteiger partial charge < -0.3 is 0 Å². The number of rotatable bonds is 0. The molecule has 0 aliphatic heterocycles. The summed E-state index contributed by atoms with van der Waals surface area (Å²) in [6.45, 7) is 0. The minimum absolute atomic E-state index is 0. The summed E-state index contributed by atoms with van der Waals surface area (Å²) in [6, 6.07) is 42.8. The van der Waals surface area contributed by atoms with Crippen LogP contribution in [0.3, 0.4) is 0 Å². The van der Waals surface area contributed by atoms with Crippen LogP contribution in [-0.4, -0.2) is 0 Å². The van der Waals surface area contributed by atoms with Crippen LogP contribution in [0.1, 0.15) is 0 Å². The van der Waals surface area contributed by atoms with Gasteiger partial charge >= 0.3 is 0 Å². The molecule has 0 saturated heterocycles. The van der Waals surface area contributed by atoms with Crippen LogP contribution < -0.4 is 0 Å². The topological polar surface area (TPSA) is 0 Å². The number of hydrogen-bond acceptors (Lipinski definition) is 0. The van der Waals surface area contributed by atoms with Gasteiger partial charge in [-0.25, -0.2) is 0 Å². The summed E-state index contributed by atoms with van der Waals surface area (Å²) in [5, 5.41) is 10.5. The molecule has 6 aromatic carbocycles. The molecular formula is C28H20Ni. The molecule has 0 aliphatic carbocycles. The Morgan fingerprint density at radius 2 is 0.379 bits per heavy atom. The van der Waals surface area contributed by atoms with Crippen molar-refractivity contribution in [1.82, 2.24) is 0 Å². The van der Waals surface area contributed by atoms with Gasteiger partial charge in [0.15, 0.2) is 0 Å². The van der Waals surface area contributed by atoms with Crippen LogP contribution in [0, 0.1) is 0 Å². The Labute approximate surface area is 180 Å². The van der Waals surface area contributed by atoms with E-state index in [9.17, 15) is 0 Å². The van der Waals surface area contributed by atoms with E-state index in [1.165, 1.54) is 43.1 Å². The van der Waals surface area contributed by atoms with Crippen LogP contribution >= 0.6 is 0 Å². The quantitative estimate of drug-likeness (QED) is 0.174. The second-order valence-corrected chi connectivity index (χ2v) is 7.09. The van der Waals surface area contributed by atoms with Gasteiger partial charge in [0.25, 0.3) is 0 Å². The Kier molecular flexibility index (Phi) is 5.60. The minimum atomic E-state index is 0. The van der Waals surface area contributed by atoms with E-state index in [0.717, 1.165) is 0 Å². The average molecular weight is 415 g/mol. The van der Waals surface area contributed by atoms with Crippen molar-refractivity contribution in [3.05, 3.63) is 121 Å². The van der Waals surface area contributed by atoms with Gasteiger partial charge in [-0.05, 0) is 67.4 Å². The van der Waals surface area contributed by atoms with E-state index >= 15 is 0 Å². The van der Waals surface area contributed by atoms with Crippen molar-refractivity contribution in [2.24, 2.45) is 0 Å². The van der Waals surface area contributed by atoms with Crippen LogP contribution in [0.5, 0.6) is 0 Å². The third-order valence-electron chi connectivity index (χ3n) is 5.23. The van der Waals surface area contributed by atoms with Gasteiger partial charge in [0.05, 0.1) is 0 Å². The first-order chi connectivity index (χ1) is 13.9. The van der Waals surface area contributed by atoms with Gasteiger partial charge in [0.2, 0.25) is 0 Å². The second kappa shape index (κ2) is 8.47. The number of hydrogen-bond donors (Lipinski definition) is 0. The molecule has 0 aliphatic rings. The van der Waals surface area contributed by atoms with E-state index in [4.69, 9.17) is 0 Å². The maximum Gasteiger partial charge on any atom is 0 e. The molecule has 0 saturated carbocycles. The first-order valence-electron chi connectivity index (χ1n) is 9.62. The predicted octanol–water partition coefficient (Wildman–Crippen LogP) is 7.98. The molecule has 0 nitrogen and oxygen atoms in total. The van der Waals surface area contributed by atoms with Gasteiger partial charge in [0, 0.05) is 16.5 Å². The van der Waals surface area contributed by atoms with Crippen LogP contribution in [0.4, 0.5) is 0 Å². The number of fused-ring (bicyclic) bond motifs is 4. The molecule has 6 aromatic rings. The van der Waals surface area contributed by atoms with E-state index in [1.807, 2.05) is 0 Å². The Hall–Kier alpha value is -3.15. The van der Waals surface area contributed by atoms with Crippen molar-refractivity contribution in [3.63, 3.8) is 0 Å². The molecule has 0 spiro atoms. The van der Waals surface area contributed by atoms with Crippen LogP contribution in [0.15, 0.2) is 121 Å². The van der Waals surface area contributed by atoms with Crippen molar-refractivity contribution < 1.29 is 16.5 Å². The summed E-state index contributed by atoms with van der Waals surface area (Å²) in [6.07, 6.45) is 0. The smallest absolute Gasteiger partial charge is 0 e. The van der Waals surface area contributed by atoms with Crippen LogP contribution in [0.25, 0.3) is 43.1 Å². The van der Waals surface area contributed by atoms with E-state index in [1.54, 1.807) is 0 Å². The Balaban J connectivity index is 0.000000137. The average Bonchev–Trinajstić information content (AvgIpc) is 2.76. The van der Waals surface area contributed by atoms with Crippen molar-refractivity contribution >= 4 is 43.1 Å². The first kappa shape index (κ1) is 19.2. The maximum absolute atomic E-state index is 2.24. The minimum Gasteiger partial charge on any atom is -0.0616 e. The summed E-state index contributed by atoms with van der Waals surface area (Å²) in [7, 11) is 0. The summed E-state index contributed by atoms with van der Waals surface area (Å²) in [5.74, 6) is 0. The fourth-order valence-electron chi connectivity index (χ4n) is 3.77. The largest absolute Gasteiger partial charge is 0.0616 e. The maximum atomic E-state index is 2.24. The Morgan fingerprint density at radius 3 is 0.517 bits per heavy atom. The predicted molar refractivity (Wildman–Crippen MR) is 123 cm³/mol. The molecule has 0 N–H and O–H groups in total. The summed E-state index contributed by atoms with van der Waals surface area (Å²) in [4.78, 5) is 0. The first-order valence-corrected chi connectivity index (χ1v) is 9.62. The fourth-order valence-corrected chi connectivity index (χ4v) is 3.77. The third-order valence-corrected chi connectivity index (χ3v) is 5.23. The molecular weight excluding hydrogens is 395 g/mol. The van der Waals surface area contributed by atoms with Crippen molar-refractivity contribution in [2.75, 3.05) is 0 Å². The van der Waals surface area contributed by atoms with Crippen molar-refractivity contribution in [1.29, 1.82) is 0 Å². The molecule has 0 bridgehead atoms. The monoisotopic (exact) mass is 414 g/mol. The second-order valence-electron chi connectivity index (χ2n) is 7.09. The zero-order chi connectivity index (χ0) is 18.8. The summed E-state index contributed by atoms with van der Waals surface area (Å²) < 4.78 is 0. The summed E-state index contributed by atoms with van der Waals surface area (Å²) >= 11 is 0. The van der Waals surface area contributed by atoms with Gasteiger partial charge in [-0.15, -0.1) is 0 Å². The standard InChI is InChI=1S/2C14H10.Ni/c2*1-2-6-12-10-14-8-4-3-7-13(14)9-11(12)5-1;/h2*1-10H;. The zero-order valence-electron chi connectivity index (χ0n) is 15.9. The molecule has 1 heteroatoms. The molecule has 0 radical (unpaired) electrons. The van der Waals surface area contributed by atoms with E-state index in [-0.39, 0.29) is 16.5 Å². The normalized spacial score (nSPS) is 10.5. The fraction of sp³-hybridized carbons (Fsp3) is 0. The molecule has 6 rings (SSSR count). The van der Waals surface area contributed by atoms with E-state index in [0.29, 0.717) is 0 Å². The SMILES string of the molecule is [Ni].c1ccc2cc3ccccc3cc2c1.c1ccc2cc3ccccc3cc2c1. The molecule has 142 valence electrons. The van der Waals surface area contributed by atoms with Gasteiger partial charge in [0.1, 0.15) is 0 Å². The van der Waals surface area contributed by atoms with E-state index in [2.05, 4.69) is 121 Å². The molecule has 29 heavy (non-hydrogen) atoms. The molecule has 0 unspecified atom stereocenters. The molecule has 0 amide bonds. The Morgan fingerprint density at radius 1 is 0.241 bits per heavy atom. The molecule has 0 atom stereocenters. The number of benzene rings is 6. The Bertz CT molecular complexity index is 1090. The van der Waals surface area contributed by atoms with E-state index < -0.39 is 0 Å². The zero-order valence-corrected chi connectivity index (χ0v) is 16.9. The molecule has 0 fully saturated rings. The third kappa shape index (κ3) is 4.02.